The van der Waals surface area contributed by atoms with Crippen LogP contribution in [0.3, 0.4) is 0 Å². The smallest absolute Gasteiger partial charge is 0.308 e. The Balaban J connectivity index is 1.85. The maximum Gasteiger partial charge on any atom is 0.308 e. The summed E-state index contributed by atoms with van der Waals surface area (Å²) in [5.74, 6) is 1.62. The average Bonchev–Trinajstić information content (AvgIpc) is 2.68. The summed E-state index contributed by atoms with van der Waals surface area (Å²) in [6.45, 7) is 6.38. The molecule has 1 saturated heterocycles. The number of hydrogen-bond acceptors (Lipinski definition) is 5. The van der Waals surface area contributed by atoms with E-state index in [1.54, 1.807) is 0 Å². The van der Waals surface area contributed by atoms with Gasteiger partial charge in [0.05, 0.1) is 25.3 Å². The number of aromatic nitrogens is 1. The van der Waals surface area contributed by atoms with Crippen LogP contribution in [0.25, 0.3) is 0 Å². The Morgan fingerprint density at radius 3 is 2.61 bits per heavy atom. The molecule has 1 fully saturated rings. The molecule has 1 aromatic heterocycles. The number of nitrogens with zero attached hydrogens (tertiary/aromatic N) is 2. The van der Waals surface area contributed by atoms with Gasteiger partial charge in [-0.15, -0.1) is 0 Å². The number of carbonyl (C=O) groups excluding carboxylic acids is 1. The van der Waals surface area contributed by atoms with E-state index in [9.17, 15) is 4.79 Å². The highest BCUT2D eigenvalue weighted by molar-refractivity contribution is 5.72. The van der Waals surface area contributed by atoms with Gasteiger partial charge in [-0.3, -0.25) is 9.69 Å². The van der Waals surface area contributed by atoms with Crippen molar-refractivity contribution in [1.29, 1.82) is 0 Å². The van der Waals surface area contributed by atoms with Crippen LogP contribution in [0, 0.1) is 19.8 Å². The third-order valence-corrected chi connectivity index (χ3v) is 3.55. The van der Waals surface area contributed by atoms with E-state index in [0.29, 0.717) is 0 Å². The molecule has 5 nitrogen and oxygen atoms in total. The Labute approximate surface area is 107 Å². The first kappa shape index (κ1) is 13.1. The molecule has 0 aromatic carbocycles. The zero-order valence-corrected chi connectivity index (χ0v) is 11.2. The van der Waals surface area contributed by atoms with Crippen molar-refractivity contribution in [3.63, 3.8) is 0 Å². The summed E-state index contributed by atoms with van der Waals surface area (Å²) in [7, 11) is 1.45. The number of methoxy groups -OCH3 is 1. The lowest BCUT2D eigenvalue weighted by molar-refractivity contribution is -0.147. The van der Waals surface area contributed by atoms with Gasteiger partial charge >= 0.3 is 5.97 Å². The topological polar surface area (TPSA) is 55.6 Å². The van der Waals surface area contributed by atoms with Gasteiger partial charge in [0.1, 0.15) is 5.76 Å². The van der Waals surface area contributed by atoms with Crippen LogP contribution >= 0.6 is 0 Å². The number of aryl methyl sites for hydroxylation is 2. The monoisotopic (exact) mass is 252 g/mol. The first-order chi connectivity index (χ1) is 8.60. The number of ether oxygens (including phenoxy) is 1. The number of rotatable bonds is 3. The second kappa shape index (κ2) is 5.52. The summed E-state index contributed by atoms with van der Waals surface area (Å²) in [4.78, 5) is 18.1. The molecule has 0 radical (unpaired) electrons. The molecule has 1 aliphatic heterocycles. The van der Waals surface area contributed by atoms with Gasteiger partial charge in [-0.1, -0.05) is 0 Å². The SMILES string of the molecule is COC(=O)C1CCN(Cc2nc(C)c(C)o2)CC1. The molecule has 0 spiro atoms. The molecule has 0 atom stereocenters. The quantitative estimate of drug-likeness (QED) is 0.766. The number of likely N-dealkylation sites (tertiary alicyclic amines) is 1. The van der Waals surface area contributed by atoms with E-state index in [0.717, 1.165) is 49.8 Å². The highest BCUT2D eigenvalue weighted by atomic mass is 16.5. The second-order valence-electron chi connectivity index (χ2n) is 4.82. The first-order valence-corrected chi connectivity index (χ1v) is 6.33. The first-order valence-electron chi connectivity index (χ1n) is 6.33. The van der Waals surface area contributed by atoms with E-state index in [4.69, 9.17) is 9.15 Å². The Hall–Kier alpha value is -1.36. The largest absolute Gasteiger partial charge is 0.469 e. The van der Waals surface area contributed by atoms with Crippen LogP contribution in [-0.2, 0) is 16.1 Å². The minimum absolute atomic E-state index is 0.0549. The van der Waals surface area contributed by atoms with E-state index in [-0.39, 0.29) is 11.9 Å². The summed E-state index contributed by atoms with van der Waals surface area (Å²) in [5.41, 5.74) is 0.953. The van der Waals surface area contributed by atoms with E-state index in [2.05, 4.69) is 9.88 Å². The van der Waals surface area contributed by atoms with Gasteiger partial charge in [0.25, 0.3) is 0 Å². The van der Waals surface area contributed by atoms with Crippen LogP contribution in [0.1, 0.15) is 30.2 Å². The molecule has 2 heterocycles. The molecule has 0 N–H and O–H groups in total. The number of esters is 1. The standard InChI is InChI=1S/C13H20N2O3/c1-9-10(2)18-12(14-9)8-15-6-4-11(5-7-15)13(16)17-3/h11H,4-8H2,1-3H3. The third kappa shape index (κ3) is 2.90. The van der Waals surface area contributed by atoms with Crippen molar-refractivity contribution in [2.75, 3.05) is 20.2 Å². The number of carbonyl (C=O) groups is 1. The lowest BCUT2D eigenvalue weighted by Crippen LogP contribution is -2.36. The van der Waals surface area contributed by atoms with Crippen LogP contribution in [0.15, 0.2) is 4.42 Å². The van der Waals surface area contributed by atoms with Crippen LogP contribution in [0.2, 0.25) is 0 Å². The molecule has 0 unspecified atom stereocenters. The van der Waals surface area contributed by atoms with Crippen molar-refractivity contribution in [2.24, 2.45) is 5.92 Å². The molecule has 0 aliphatic carbocycles. The van der Waals surface area contributed by atoms with Gasteiger partial charge in [0.2, 0.25) is 5.89 Å². The van der Waals surface area contributed by atoms with Gasteiger partial charge in [-0.05, 0) is 39.8 Å². The number of oxazole rings is 1. The van der Waals surface area contributed by atoms with Gasteiger partial charge in [-0.25, -0.2) is 4.98 Å². The van der Waals surface area contributed by atoms with E-state index < -0.39 is 0 Å². The van der Waals surface area contributed by atoms with Crippen LogP contribution in [-0.4, -0.2) is 36.1 Å². The van der Waals surface area contributed by atoms with Crippen molar-refractivity contribution in [3.8, 4) is 0 Å². The zero-order valence-electron chi connectivity index (χ0n) is 11.2. The van der Waals surface area contributed by atoms with Gasteiger partial charge < -0.3 is 9.15 Å². The highest BCUT2D eigenvalue weighted by Crippen LogP contribution is 2.20. The van der Waals surface area contributed by atoms with Crippen molar-refractivity contribution in [2.45, 2.75) is 33.2 Å². The summed E-state index contributed by atoms with van der Waals surface area (Å²) in [6.07, 6.45) is 1.71. The van der Waals surface area contributed by atoms with Crippen molar-refractivity contribution in [1.82, 2.24) is 9.88 Å². The second-order valence-corrected chi connectivity index (χ2v) is 4.82. The summed E-state index contributed by atoms with van der Waals surface area (Å²) >= 11 is 0. The van der Waals surface area contributed by atoms with E-state index >= 15 is 0 Å². The van der Waals surface area contributed by atoms with Gasteiger partial charge in [0.15, 0.2) is 0 Å². The summed E-state index contributed by atoms with van der Waals surface area (Å²) < 4.78 is 10.3. The van der Waals surface area contributed by atoms with E-state index in [1.807, 2.05) is 13.8 Å². The fourth-order valence-corrected chi connectivity index (χ4v) is 2.29. The maximum absolute atomic E-state index is 11.4. The van der Waals surface area contributed by atoms with Gasteiger partial charge in [0, 0.05) is 0 Å². The number of hydrogen-bond donors (Lipinski definition) is 0. The average molecular weight is 252 g/mol. The minimum atomic E-state index is -0.0857. The Morgan fingerprint density at radius 1 is 1.44 bits per heavy atom. The number of piperidine rings is 1. The van der Waals surface area contributed by atoms with E-state index in [1.165, 1.54) is 7.11 Å². The normalized spacial score (nSPS) is 17.9. The molecule has 5 heteroatoms. The van der Waals surface area contributed by atoms with Crippen molar-refractivity contribution >= 4 is 5.97 Å². The molecule has 0 amide bonds. The predicted molar refractivity (Wildman–Crippen MR) is 66.0 cm³/mol. The molecular formula is C13H20N2O3. The molecule has 0 saturated carbocycles. The molecule has 18 heavy (non-hydrogen) atoms. The van der Waals surface area contributed by atoms with Crippen LogP contribution < -0.4 is 0 Å². The lowest BCUT2D eigenvalue weighted by Gasteiger charge is -2.29. The summed E-state index contributed by atoms with van der Waals surface area (Å²) in [6, 6.07) is 0. The predicted octanol–water partition coefficient (Wildman–Crippen LogP) is 1.68. The van der Waals surface area contributed by atoms with Crippen molar-refractivity contribution in [3.05, 3.63) is 17.3 Å². The minimum Gasteiger partial charge on any atom is -0.469 e. The van der Waals surface area contributed by atoms with Crippen LogP contribution in [0.4, 0.5) is 0 Å². The maximum atomic E-state index is 11.4. The lowest BCUT2D eigenvalue weighted by atomic mass is 9.97. The molecule has 2 rings (SSSR count). The highest BCUT2D eigenvalue weighted by Gasteiger charge is 2.26. The van der Waals surface area contributed by atoms with Gasteiger partial charge in [-0.2, -0.15) is 0 Å². The Kier molecular flexibility index (Phi) is 4.01. The molecular weight excluding hydrogens is 232 g/mol. The Bertz CT molecular complexity index is 400. The molecule has 100 valence electrons. The molecule has 0 bridgehead atoms. The fourth-order valence-electron chi connectivity index (χ4n) is 2.29. The Morgan fingerprint density at radius 2 is 2.11 bits per heavy atom. The third-order valence-electron chi connectivity index (χ3n) is 3.55. The zero-order chi connectivity index (χ0) is 13.1. The van der Waals surface area contributed by atoms with Crippen LogP contribution in [0.5, 0.6) is 0 Å². The van der Waals surface area contributed by atoms with Crippen molar-refractivity contribution < 1.29 is 13.9 Å². The molecule has 1 aliphatic rings. The fraction of sp³-hybridized carbons (Fsp3) is 0.692. The molecule has 1 aromatic rings. The summed E-state index contributed by atoms with van der Waals surface area (Å²) in [5, 5.41) is 0.